The molecule has 1 aliphatic rings. The number of aromatic nitrogens is 4. The van der Waals surface area contributed by atoms with Gasteiger partial charge in [0.25, 0.3) is 5.56 Å². The Labute approximate surface area is 210 Å². The highest BCUT2D eigenvalue weighted by atomic mass is 32.1. The number of fused-ring (bicyclic) bond motifs is 1. The molecule has 184 valence electrons. The summed E-state index contributed by atoms with van der Waals surface area (Å²) in [5.74, 6) is 1.70. The molecule has 1 aliphatic heterocycles. The van der Waals surface area contributed by atoms with Gasteiger partial charge in [0.2, 0.25) is 11.8 Å². The van der Waals surface area contributed by atoms with Crippen LogP contribution in [0.3, 0.4) is 0 Å². The highest BCUT2D eigenvalue weighted by molar-refractivity contribution is 7.17. The molecule has 0 bridgehead atoms. The molecule has 1 fully saturated rings. The molecule has 5 rings (SSSR count). The number of hydrogen-bond donors (Lipinski definition) is 3. The number of nitriles is 1. The van der Waals surface area contributed by atoms with Crippen LogP contribution in [0.1, 0.15) is 35.2 Å². The van der Waals surface area contributed by atoms with Crippen molar-refractivity contribution in [1.29, 1.82) is 5.26 Å². The van der Waals surface area contributed by atoms with Gasteiger partial charge in [-0.2, -0.15) is 10.2 Å². The zero-order valence-corrected chi connectivity index (χ0v) is 20.7. The van der Waals surface area contributed by atoms with E-state index in [-0.39, 0.29) is 6.04 Å². The number of aromatic amines is 2. The predicted molar refractivity (Wildman–Crippen MR) is 138 cm³/mol. The smallest absolute Gasteiger partial charge is 0.325 e. The molecule has 0 aliphatic carbocycles. The number of hydrogen-bond acceptors (Lipinski definition) is 9. The largest absolute Gasteiger partial charge is 0.437 e. The van der Waals surface area contributed by atoms with Crippen molar-refractivity contribution in [3.63, 3.8) is 0 Å². The molecule has 0 radical (unpaired) electrons. The first-order valence-electron chi connectivity index (χ1n) is 11.6. The lowest BCUT2D eigenvalue weighted by atomic mass is 10.1. The maximum atomic E-state index is 11.6. The third-order valence-corrected chi connectivity index (χ3v) is 7.08. The van der Waals surface area contributed by atoms with E-state index in [2.05, 4.69) is 31.2 Å². The molecule has 36 heavy (non-hydrogen) atoms. The van der Waals surface area contributed by atoms with E-state index in [9.17, 15) is 14.9 Å². The maximum Gasteiger partial charge on any atom is 0.325 e. The number of nitrogens with zero attached hydrogens (tertiary/aromatic N) is 4. The van der Waals surface area contributed by atoms with Gasteiger partial charge in [-0.15, -0.1) is 11.3 Å². The summed E-state index contributed by atoms with van der Waals surface area (Å²) in [6.45, 7) is 5.97. The Morgan fingerprint density at radius 3 is 2.61 bits per heavy atom. The van der Waals surface area contributed by atoms with Crippen LogP contribution < -0.4 is 21.3 Å². The lowest BCUT2D eigenvalue weighted by molar-refractivity contribution is 0.208. The van der Waals surface area contributed by atoms with Crippen molar-refractivity contribution in [3.8, 4) is 17.7 Å². The van der Waals surface area contributed by atoms with E-state index >= 15 is 0 Å². The van der Waals surface area contributed by atoms with Gasteiger partial charge in [0, 0.05) is 37.4 Å². The number of thiophene rings is 1. The van der Waals surface area contributed by atoms with Crippen LogP contribution in [-0.2, 0) is 6.54 Å². The Morgan fingerprint density at radius 2 is 1.92 bits per heavy atom. The van der Waals surface area contributed by atoms with E-state index in [1.165, 1.54) is 17.4 Å². The van der Waals surface area contributed by atoms with Gasteiger partial charge in [-0.25, -0.2) is 9.78 Å². The Balaban J connectivity index is 1.30. The summed E-state index contributed by atoms with van der Waals surface area (Å²) in [5.41, 5.74) is 2.89. The summed E-state index contributed by atoms with van der Waals surface area (Å²) >= 11 is 1.52. The summed E-state index contributed by atoms with van der Waals surface area (Å²) in [6, 6.07) is 9.35. The fourth-order valence-electron chi connectivity index (χ4n) is 4.51. The normalized spacial score (nSPS) is 14.6. The van der Waals surface area contributed by atoms with Gasteiger partial charge in [0.15, 0.2) is 0 Å². The molecule has 0 atom stereocenters. The van der Waals surface area contributed by atoms with Gasteiger partial charge in [-0.1, -0.05) is 0 Å². The number of likely N-dealkylation sites (tertiary alicyclic amines) is 1. The second-order valence-electron chi connectivity index (χ2n) is 8.95. The average molecular weight is 504 g/mol. The lowest BCUT2D eigenvalue weighted by Crippen LogP contribution is -2.39. The molecule has 0 saturated carbocycles. The van der Waals surface area contributed by atoms with Crippen LogP contribution in [0.5, 0.6) is 11.6 Å². The molecule has 3 aromatic heterocycles. The van der Waals surface area contributed by atoms with Crippen molar-refractivity contribution >= 4 is 27.5 Å². The van der Waals surface area contributed by atoms with Gasteiger partial charge in [0.05, 0.1) is 17.1 Å². The predicted octanol–water partition coefficient (Wildman–Crippen LogP) is 3.43. The molecular formula is C25H25N7O3S. The fraction of sp³-hybridized carbons (Fsp3) is 0.320. The van der Waals surface area contributed by atoms with Gasteiger partial charge >= 0.3 is 5.69 Å². The molecule has 0 unspecified atom stereocenters. The first kappa shape index (κ1) is 23.7. The van der Waals surface area contributed by atoms with Crippen molar-refractivity contribution in [2.75, 3.05) is 18.4 Å². The van der Waals surface area contributed by atoms with Crippen LogP contribution in [0.4, 0.5) is 5.95 Å². The monoisotopic (exact) mass is 503 g/mol. The number of piperidine rings is 1. The summed E-state index contributed by atoms with van der Waals surface area (Å²) in [4.78, 5) is 39.5. The fourth-order valence-corrected chi connectivity index (χ4v) is 5.26. The van der Waals surface area contributed by atoms with Crippen molar-refractivity contribution < 1.29 is 4.74 Å². The SMILES string of the molecule is Cc1cc(C#N)cc(C)c1Oc1nc(NC2CCN(Cc3cc(=O)[nH]c(=O)[nH]3)CC2)nc2ccsc12. The van der Waals surface area contributed by atoms with E-state index in [1.54, 1.807) is 0 Å². The zero-order valence-electron chi connectivity index (χ0n) is 19.9. The molecular weight excluding hydrogens is 478 g/mol. The second kappa shape index (κ2) is 9.93. The molecule has 0 spiro atoms. The quantitative estimate of drug-likeness (QED) is 0.364. The first-order valence-corrected chi connectivity index (χ1v) is 12.5. The van der Waals surface area contributed by atoms with Crippen molar-refractivity contribution in [2.24, 2.45) is 0 Å². The van der Waals surface area contributed by atoms with E-state index in [0.29, 0.717) is 35.4 Å². The van der Waals surface area contributed by atoms with Crippen molar-refractivity contribution in [3.05, 3.63) is 72.9 Å². The van der Waals surface area contributed by atoms with Crippen LogP contribution in [-0.4, -0.2) is 44.0 Å². The summed E-state index contributed by atoms with van der Waals surface area (Å²) in [6.07, 6.45) is 1.73. The summed E-state index contributed by atoms with van der Waals surface area (Å²) in [5, 5.41) is 14.7. The summed E-state index contributed by atoms with van der Waals surface area (Å²) in [7, 11) is 0. The lowest BCUT2D eigenvalue weighted by Gasteiger charge is -2.32. The van der Waals surface area contributed by atoms with Crippen molar-refractivity contribution in [2.45, 2.75) is 39.3 Å². The number of rotatable bonds is 6. The molecule has 10 nitrogen and oxygen atoms in total. The highest BCUT2D eigenvalue weighted by Crippen LogP contribution is 2.35. The van der Waals surface area contributed by atoms with E-state index in [1.807, 2.05) is 37.4 Å². The van der Waals surface area contributed by atoms with E-state index < -0.39 is 11.2 Å². The van der Waals surface area contributed by atoms with Gasteiger partial charge in [-0.3, -0.25) is 14.7 Å². The molecule has 1 saturated heterocycles. The molecule has 11 heteroatoms. The van der Waals surface area contributed by atoms with Crippen LogP contribution in [0.2, 0.25) is 0 Å². The number of nitrogens with one attached hydrogen (secondary N) is 3. The molecule has 4 heterocycles. The number of H-pyrrole nitrogens is 2. The Morgan fingerprint density at radius 1 is 1.17 bits per heavy atom. The minimum Gasteiger partial charge on any atom is -0.437 e. The second-order valence-corrected chi connectivity index (χ2v) is 9.86. The molecule has 4 aromatic rings. The summed E-state index contributed by atoms with van der Waals surface area (Å²) < 4.78 is 7.15. The third kappa shape index (κ3) is 5.15. The highest BCUT2D eigenvalue weighted by Gasteiger charge is 2.22. The van der Waals surface area contributed by atoms with Gasteiger partial charge < -0.3 is 15.0 Å². The first-order chi connectivity index (χ1) is 17.4. The average Bonchev–Trinajstić information content (AvgIpc) is 3.31. The number of ether oxygens (including phenoxy) is 1. The van der Waals surface area contributed by atoms with Crippen LogP contribution in [0.25, 0.3) is 10.2 Å². The number of aryl methyl sites for hydroxylation is 2. The number of anilines is 1. The van der Waals surface area contributed by atoms with Gasteiger partial charge in [-0.05, 0) is 61.4 Å². The minimum atomic E-state index is -0.487. The maximum absolute atomic E-state index is 11.6. The Hall–Kier alpha value is -4.01. The number of benzene rings is 1. The minimum absolute atomic E-state index is 0.182. The van der Waals surface area contributed by atoms with Gasteiger partial charge in [0.1, 0.15) is 10.4 Å². The van der Waals surface area contributed by atoms with E-state index in [4.69, 9.17) is 9.72 Å². The topological polar surface area (TPSA) is 140 Å². The molecule has 3 N–H and O–H groups in total. The Bertz CT molecular complexity index is 1520. The van der Waals surface area contributed by atoms with Crippen LogP contribution in [0, 0.1) is 25.2 Å². The van der Waals surface area contributed by atoms with Crippen LogP contribution in [0.15, 0.2) is 39.2 Å². The zero-order chi connectivity index (χ0) is 25.2. The molecule has 0 amide bonds. The van der Waals surface area contributed by atoms with E-state index in [0.717, 1.165) is 47.3 Å². The van der Waals surface area contributed by atoms with Crippen molar-refractivity contribution in [1.82, 2.24) is 24.8 Å². The third-order valence-electron chi connectivity index (χ3n) is 6.19. The Kier molecular flexibility index (Phi) is 6.54. The molecule has 1 aromatic carbocycles. The standard InChI is InChI=1S/C25H25N7O3S/c1-14-9-16(12-26)10-15(2)21(14)35-23-22-19(5-8-36-22)29-24(31-23)27-17-3-6-32(7-4-17)13-18-11-20(33)30-25(34)28-18/h5,8-11,17H,3-4,6-7,13H2,1-2H3,(H,27,29,31)(H2,28,30,33,34). The van der Waals surface area contributed by atoms with Crippen LogP contribution >= 0.6 is 11.3 Å².